The van der Waals surface area contributed by atoms with Crippen molar-refractivity contribution in [3.05, 3.63) is 45.3 Å². The highest BCUT2D eigenvalue weighted by atomic mass is 35.5. The van der Waals surface area contributed by atoms with Crippen molar-refractivity contribution in [3.8, 4) is 0 Å². The molecular formula is C19H23ClN2O3. The van der Waals surface area contributed by atoms with Crippen molar-refractivity contribution in [1.82, 2.24) is 9.47 Å². The maximum Gasteiger partial charge on any atom is 0.408 e. The summed E-state index contributed by atoms with van der Waals surface area (Å²) in [5, 5.41) is 11.4. The summed E-state index contributed by atoms with van der Waals surface area (Å²) in [4.78, 5) is 26.4. The molecule has 1 saturated carbocycles. The SMILES string of the molecule is C[C@@H](c1cc2cccc(Cl)c2c(=O)n1C1CC1)N(C(=O)O)C(C)(C)C. The van der Waals surface area contributed by atoms with Gasteiger partial charge in [0.2, 0.25) is 0 Å². The first-order chi connectivity index (χ1) is 11.6. The van der Waals surface area contributed by atoms with E-state index in [1.165, 1.54) is 4.90 Å². The number of rotatable bonds is 3. The average Bonchev–Trinajstić information content (AvgIpc) is 3.29. The Morgan fingerprint density at radius 3 is 2.52 bits per heavy atom. The molecule has 2 aromatic rings. The molecule has 1 aromatic heterocycles. The van der Waals surface area contributed by atoms with Crippen LogP contribution in [0, 0.1) is 0 Å². The van der Waals surface area contributed by atoms with Crippen LogP contribution in [-0.2, 0) is 0 Å². The van der Waals surface area contributed by atoms with E-state index in [9.17, 15) is 14.7 Å². The second-order valence-electron chi connectivity index (χ2n) is 7.68. The number of carbonyl (C=O) groups is 1. The molecule has 0 unspecified atom stereocenters. The van der Waals surface area contributed by atoms with Gasteiger partial charge >= 0.3 is 6.09 Å². The Hall–Kier alpha value is -2.01. The molecular weight excluding hydrogens is 340 g/mol. The molecule has 1 aliphatic carbocycles. The van der Waals surface area contributed by atoms with E-state index in [4.69, 9.17) is 11.6 Å². The molecule has 0 aliphatic heterocycles. The van der Waals surface area contributed by atoms with Crippen LogP contribution in [0.25, 0.3) is 10.8 Å². The highest BCUT2D eigenvalue weighted by molar-refractivity contribution is 6.35. The molecule has 1 fully saturated rings. The van der Waals surface area contributed by atoms with E-state index in [1.54, 1.807) is 16.7 Å². The Balaban J connectivity index is 2.27. The minimum atomic E-state index is -0.999. The van der Waals surface area contributed by atoms with Gasteiger partial charge in [-0.15, -0.1) is 0 Å². The molecule has 3 rings (SSSR count). The predicted octanol–water partition coefficient (Wildman–Crippen LogP) is 4.83. The number of pyridine rings is 1. The minimum absolute atomic E-state index is 0.126. The molecule has 5 nitrogen and oxygen atoms in total. The van der Waals surface area contributed by atoms with Crippen LogP contribution in [0.4, 0.5) is 4.79 Å². The molecule has 25 heavy (non-hydrogen) atoms. The van der Waals surface area contributed by atoms with E-state index in [2.05, 4.69) is 0 Å². The van der Waals surface area contributed by atoms with E-state index < -0.39 is 17.7 Å². The molecule has 1 aliphatic rings. The molecule has 0 spiro atoms. The normalized spacial score (nSPS) is 16.0. The molecule has 0 saturated heterocycles. The highest BCUT2D eigenvalue weighted by Crippen LogP contribution is 2.39. The number of fused-ring (bicyclic) bond motifs is 1. The second kappa shape index (κ2) is 6.06. The van der Waals surface area contributed by atoms with Crippen molar-refractivity contribution in [2.24, 2.45) is 0 Å². The van der Waals surface area contributed by atoms with E-state index >= 15 is 0 Å². The Bertz CT molecular complexity index is 894. The lowest BCUT2D eigenvalue weighted by Gasteiger charge is -2.39. The van der Waals surface area contributed by atoms with Crippen molar-refractivity contribution in [1.29, 1.82) is 0 Å². The van der Waals surface area contributed by atoms with Gasteiger partial charge in [-0.1, -0.05) is 23.7 Å². The smallest absolute Gasteiger partial charge is 0.408 e. The molecule has 1 heterocycles. The number of carboxylic acid groups (broad SMARTS) is 1. The monoisotopic (exact) mass is 362 g/mol. The van der Waals surface area contributed by atoms with Gasteiger partial charge in [-0.3, -0.25) is 9.69 Å². The van der Waals surface area contributed by atoms with Crippen molar-refractivity contribution >= 4 is 28.5 Å². The second-order valence-corrected chi connectivity index (χ2v) is 8.09. The Labute approximate surface area is 151 Å². The topological polar surface area (TPSA) is 62.5 Å². The molecule has 0 bridgehead atoms. The van der Waals surface area contributed by atoms with Crippen LogP contribution < -0.4 is 5.56 Å². The maximum atomic E-state index is 13.1. The van der Waals surface area contributed by atoms with Crippen molar-refractivity contribution in [3.63, 3.8) is 0 Å². The maximum absolute atomic E-state index is 13.1. The number of benzene rings is 1. The average molecular weight is 363 g/mol. The third-order valence-corrected chi connectivity index (χ3v) is 5.03. The van der Waals surface area contributed by atoms with Crippen molar-refractivity contribution in [2.45, 2.75) is 58.2 Å². The summed E-state index contributed by atoms with van der Waals surface area (Å²) < 4.78 is 1.75. The lowest BCUT2D eigenvalue weighted by atomic mass is 10.0. The minimum Gasteiger partial charge on any atom is -0.465 e. The summed E-state index contributed by atoms with van der Waals surface area (Å²) in [5.41, 5.74) is 0.00480. The molecule has 0 radical (unpaired) electrons. The van der Waals surface area contributed by atoms with Crippen molar-refractivity contribution in [2.75, 3.05) is 0 Å². The van der Waals surface area contributed by atoms with E-state index in [-0.39, 0.29) is 11.6 Å². The predicted molar refractivity (Wildman–Crippen MR) is 99.5 cm³/mol. The van der Waals surface area contributed by atoms with Gasteiger partial charge in [0.05, 0.1) is 16.5 Å². The van der Waals surface area contributed by atoms with Gasteiger partial charge in [0, 0.05) is 17.3 Å². The van der Waals surface area contributed by atoms with Crippen LogP contribution in [0.3, 0.4) is 0 Å². The number of aromatic nitrogens is 1. The van der Waals surface area contributed by atoms with E-state index in [0.29, 0.717) is 10.4 Å². The molecule has 1 amide bonds. The number of halogens is 1. The lowest BCUT2D eigenvalue weighted by molar-refractivity contribution is 0.0726. The zero-order chi connectivity index (χ0) is 18.5. The van der Waals surface area contributed by atoms with Crippen LogP contribution in [-0.4, -0.2) is 26.2 Å². The van der Waals surface area contributed by atoms with E-state index in [1.807, 2.05) is 39.8 Å². The van der Waals surface area contributed by atoms with Gasteiger partial charge in [0.1, 0.15) is 0 Å². The standard InChI is InChI=1S/C19H23ClN2O3/c1-11(22(18(24)25)19(2,3)4)15-10-12-6-5-7-14(20)16(12)17(23)21(15)13-8-9-13/h5-7,10-11,13H,8-9H2,1-4H3,(H,24,25)/t11-/m0/s1. The molecule has 1 aromatic carbocycles. The first kappa shape index (κ1) is 17.8. The fourth-order valence-electron chi connectivity index (χ4n) is 3.55. The molecule has 1 atom stereocenters. The zero-order valence-electron chi connectivity index (χ0n) is 14.9. The molecule has 6 heteroatoms. The van der Waals surface area contributed by atoms with Crippen LogP contribution in [0.2, 0.25) is 5.02 Å². The van der Waals surface area contributed by atoms with E-state index in [0.717, 1.165) is 23.9 Å². The van der Waals surface area contributed by atoms with Gasteiger partial charge in [0.25, 0.3) is 5.56 Å². The fourth-order valence-corrected chi connectivity index (χ4v) is 3.81. The Morgan fingerprint density at radius 2 is 2.00 bits per heavy atom. The summed E-state index contributed by atoms with van der Waals surface area (Å²) >= 11 is 6.26. The summed E-state index contributed by atoms with van der Waals surface area (Å²) in [5.74, 6) is 0. The number of hydrogen-bond acceptors (Lipinski definition) is 2. The summed E-state index contributed by atoms with van der Waals surface area (Å²) in [6.45, 7) is 7.41. The largest absolute Gasteiger partial charge is 0.465 e. The lowest BCUT2D eigenvalue weighted by Crippen LogP contribution is -2.47. The van der Waals surface area contributed by atoms with Gasteiger partial charge in [-0.25, -0.2) is 4.79 Å². The molecule has 1 N–H and O–H groups in total. The fraction of sp³-hybridized carbons (Fsp3) is 0.474. The molecule has 134 valence electrons. The van der Waals surface area contributed by atoms with Gasteiger partial charge in [-0.05, 0) is 58.1 Å². The summed E-state index contributed by atoms with van der Waals surface area (Å²) in [7, 11) is 0. The Morgan fingerprint density at radius 1 is 1.36 bits per heavy atom. The number of hydrogen-bond donors (Lipinski definition) is 1. The Kier molecular flexibility index (Phi) is 4.31. The quantitative estimate of drug-likeness (QED) is 0.850. The number of nitrogens with zero attached hydrogens (tertiary/aromatic N) is 2. The van der Waals surface area contributed by atoms with Crippen LogP contribution in [0.15, 0.2) is 29.1 Å². The first-order valence-corrected chi connectivity index (χ1v) is 8.86. The first-order valence-electron chi connectivity index (χ1n) is 8.49. The van der Waals surface area contributed by atoms with Gasteiger partial charge in [-0.2, -0.15) is 0 Å². The highest BCUT2D eigenvalue weighted by Gasteiger charge is 2.36. The number of amides is 1. The summed E-state index contributed by atoms with van der Waals surface area (Å²) in [6.07, 6.45) is 0.858. The van der Waals surface area contributed by atoms with Gasteiger partial charge < -0.3 is 9.67 Å². The van der Waals surface area contributed by atoms with Crippen LogP contribution in [0.1, 0.15) is 58.3 Å². The summed E-state index contributed by atoms with van der Waals surface area (Å²) in [6, 6.07) is 6.95. The third kappa shape index (κ3) is 3.13. The van der Waals surface area contributed by atoms with Crippen LogP contribution >= 0.6 is 11.6 Å². The van der Waals surface area contributed by atoms with Crippen LogP contribution in [0.5, 0.6) is 0 Å². The zero-order valence-corrected chi connectivity index (χ0v) is 15.7. The van der Waals surface area contributed by atoms with Gasteiger partial charge in [0.15, 0.2) is 0 Å². The van der Waals surface area contributed by atoms with Crippen molar-refractivity contribution < 1.29 is 9.90 Å². The third-order valence-electron chi connectivity index (χ3n) is 4.72.